The fraction of sp³-hybridized carbons (Fsp3) is 0.0909. The van der Waals surface area contributed by atoms with Gasteiger partial charge < -0.3 is 11.5 Å². The van der Waals surface area contributed by atoms with E-state index in [2.05, 4.69) is 15.2 Å². The van der Waals surface area contributed by atoms with E-state index in [4.69, 9.17) is 23.1 Å². The molecule has 0 saturated carbocycles. The van der Waals surface area contributed by atoms with Gasteiger partial charge in [0, 0.05) is 5.02 Å². The molecular weight excluding hydrogens is 268 g/mol. The zero-order valence-electron chi connectivity index (χ0n) is 10.0. The summed E-state index contributed by atoms with van der Waals surface area (Å²) in [5.41, 5.74) is 11.5. The van der Waals surface area contributed by atoms with Gasteiger partial charge in [-0.3, -0.25) is 4.79 Å². The molecule has 0 spiro atoms. The summed E-state index contributed by atoms with van der Waals surface area (Å²) in [5, 5.41) is 8.79. The smallest absolute Gasteiger partial charge is 0.302 e. The number of aromatic nitrogens is 3. The van der Waals surface area contributed by atoms with E-state index < -0.39 is 5.91 Å². The number of guanidine groups is 1. The van der Waals surface area contributed by atoms with Gasteiger partial charge in [-0.05, 0) is 31.2 Å². The van der Waals surface area contributed by atoms with Gasteiger partial charge in [0.05, 0.1) is 11.4 Å². The number of halogens is 1. The molecule has 0 radical (unpaired) electrons. The highest BCUT2D eigenvalue weighted by Crippen LogP contribution is 2.13. The summed E-state index contributed by atoms with van der Waals surface area (Å²) in [4.78, 5) is 16.4. The molecule has 7 nitrogen and oxygen atoms in total. The van der Waals surface area contributed by atoms with E-state index in [0.717, 1.165) is 0 Å². The summed E-state index contributed by atoms with van der Waals surface area (Å²) in [6.45, 7) is 1.65. The number of rotatable bonds is 2. The topological polar surface area (TPSA) is 112 Å². The number of carbonyl (C=O) groups excluding carboxylic acids is 1. The third-order valence-corrected chi connectivity index (χ3v) is 2.52. The van der Waals surface area contributed by atoms with Crippen LogP contribution in [0, 0.1) is 6.92 Å². The second-order valence-corrected chi connectivity index (χ2v) is 4.18. The van der Waals surface area contributed by atoms with Crippen molar-refractivity contribution in [1.82, 2.24) is 15.0 Å². The van der Waals surface area contributed by atoms with E-state index in [9.17, 15) is 4.79 Å². The van der Waals surface area contributed by atoms with Crippen molar-refractivity contribution in [1.29, 1.82) is 0 Å². The second-order valence-electron chi connectivity index (χ2n) is 3.74. The van der Waals surface area contributed by atoms with Crippen molar-refractivity contribution < 1.29 is 4.79 Å². The summed E-state index contributed by atoms with van der Waals surface area (Å²) in [6, 6.07) is 6.87. The van der Waals surface area contributed by atoms with Crippen molar-refractivity contribution in [3.05, 3.63) is 40.7 Å². The first kappa shape index (κ1) is 13.0. The van der Waals surface area contributed by atoms with Crippen LogP contribution in [-0.2, 0) is 0 Å². The average molecular weight is 279 g/mol. The molecule has 98 valence electrons. The molecule has 1 aromatic carbocycles. The summed E-state index contributed by atoms with van der Waals surface area (Å²) >= 11 is 5.79. The molecule has 2 rings (SSSR count). The molecule has 1 heterocycles. The Morgan fingerprint density at radius 1 is 1.26 bits per heavy atom. The number of nitrogens with zero attached hydrogens (tertiary/aromatic N) is 4. The monoisotopic (exact) mass is 278 g/mol. The molecule has 4 N–H and O–H groups in total. The SMILES string of the molecule is Cc1nn(-c2ccc(Cl)cc2)nc1C(=O)N=C(N)N. The van der Waals surface area contributed by atoms with Gasteiger partial charge in [0.1, 0.15) is 0 Å². The lowest BCUT2D eigenvalue weighted by Gasteiger charge is -1.98. The maximum Gasteiger partial charge on any atom is 0.302 e. The maximum absolute atomic E-state index is 11.7. The number of aryl methyl sites for hydroxylation is 1. The third kappa shape index (κ3) is 2.89. The van der Waals surface area contributed by atoms with E-state index in [0.29, 0.717) is 16.4 Å². The number of nitrogens with two attached hydrogens (primary N) is 2. The number of carbonyl (C=O) groups is 1. The Kier molecular flexibility index (Phi) is 3.48. The van der Waals surface area contributed by atoms with E-state index in [1.807, 2.05) is 0 Å². The Bertz CT molecular complexity index is 642. The molecule has 1 aromatic heterocycles. The van der Waals surface area contributed by atoms with E-state index in [1.165, 1.54) is 4.80 Å². The second kappa shape index (κ2) is 5.07. The van der Waals surface area contributed by atoms with Crippen LogP contribution in [-0.4, -0.2) is 26.9 Å². The highest BCUT2D eigenvalue weighted by molar-refractivity contribution is 6.30. The lowest BCUT2D eigenvalue weighted by molar-refractivity contribution is 0.0997. The van der Waals surface area contributed by atoms with Crippen molar-refractivity contribution in [2.75, 3.05) is 0 Å². The minimum Gasteiger partial charge on any atom is -0.370 e. The number of hydrogen-bond acceptors (Lipinski definition) is 3. The van der Waals surface area contributed by atoms with Crippen LogP contribution in [0.5, 0.6) is 0 Å². The molecule has 1 amide bonds. The molecule has 0 atom stereocenters. The first-order valence-electron chi connectivity index (χ1n) is 5.31. The Labute approximate surface area is 113 Å². The van der Waals surface area contributed by atoms with E-state index >= 15 is 0 Å². The summed E-state index contributed by atoms with van der Waals surface area (Å²) in [7, 11) is 0. The Morgan fingerprint density at radius 2 is 1.89 bits per heavy atom. The molecule has 8 heteroatoms. The van der Waals surface area contributed by atoms with Crippen LogP contribution < -0.4 is 11.5 Å². The fourth-order valence-corrected chi connectivity index (χ4v) is 1.56. The minimum absolute atomic E-state index is 0.100. The largest absolute Gasteiger partial charge is 0.370 e. The lowest BCUT2D eigenvalue weighted by Crippen LogP contribution is -2.24. The van der Waals surface area contributed by atoms with Gasteiger partial charge >= 0.3 is 5.91 Å². The summed E-state index contributed by atoms with van der Waals surface area (Å²) in [6.07, 6.45) is 0. The molecule has 0 unspecified atom stereocenters. The molecule has 19 heavy (non-hydrogen) atoms. The van der Waals surface area contributed by atoms with Gasteiger partial charge in [0.2, 0.25) is 0 Å². The molecular formula is C11H11ClN6O. The van der Waals surface area contributed by atoms with Crippen molar-refractivity contribution >= 4 is 23.5 Å². The van der Waals surface area contributed by atoms with Crippen LogP contribution in [0.4, 0.5) is 0 Å². The molecule has 0 fully saturated rings. The fourth-order valence-electron chi connectivity index (χ4n) is 1.44. The normalized spacial score (nSPS) is 10.2. The number of benzene rings is 1. The maximum atomic E-state index is 11.7. The van der Waals surface area contributed by atoms with Crippen LogP contribution in [0.15, 0.2) is 29.3 Å². The van der Waals surface area contributed by atoms with Crippen LogP contribution in [0.1, 0.15) is 16.2 Å². The lowest BCUT2D eigenvalue weighted by atomic mass is 10.3. The zero-order valence-corrected chi connectivity index (χ0v) is 10.8. The Hall–Kier alpha value is -2.41. The van der Waals surface area contributed by atoms with Gasteiger partial charge in [0.25, 0.3) is 0 Å². The van der Waals surface area contributed by atoms with Gasteiger partial charge in [-0.25, -0.2) is 0 Å². The molecule has 0 bridgehead atoms. The standard InChI is InChI=1S/C11H11ClN6O/c1-6-9(10(19)15-11(13)14)17-18(16-6)8-4-2-7(12)3-5-8/h2-5H,1H3,(H4,13,14,15,19). The van der Waals surface area contributed by atoms with Gasteiger partial charge in [-0.1, -0.05) is 11.6 Å². The molecule has 0 aliphatic carbocycles. The van der Waals surface area contributed by atoms with Crippen LogP contribution in [0.3, 0.4) is 0 Å². The average Bonchev–Trinajstić information content (AvgIpc) is 2.71. The highest BCUT2D eigenvalue weighted by Gasteiger charge is 2.15. The molecule has 0 saturated heterocycles. The van der Waals surface area contributed by atoms with Gasteiger partial charge in [-0.2, -0.15) is 14.9 Å². The Balaban J connectivity index is 2.38. The van der Waals surface area contributed by atoms with Crippen molar-refractivity contribution in [3.63, 3.8) is 0 Å². The van der Waals surface area contributed by atoms with Crippen molar-refractivity contribution in [3.8, 4) is 5.69 Å². The van der Waals surface area contributed by atoms with Crippen LogP contribution in [0.25, 0.3) is 5.69 Å². The number of aliphatic imine (C=N–C) groups is 1. The molecule has 0 aliphatic heterocycles. The van der Waals surface area contributed by atoms with Gasteiger partial charge in [-0.15, -0.1) is 5.10 Å². The zero-order chi connectivity index (χ0) is 14.0. The Morgan fingerprint density at radius 3 is 2.47 bits per heavy atom. The predicted molar refractivity (Wildman–Crippen MR) is 71.2 cm³/mol. The summed E-state index contributed by atoms with van der Waals surface area (Å²) in [5.74, 6) is -0.942. The third-order valence-electron chi connectivity index (χ3n) is 2.27. The first-order chi connectivity index (χ1) is 8.97. The van der Waals surface area contributed by atoms with Crippen LogP contribution >= 0.6 is 11.6 Å². The highest BCUT2D eigenvalue weighted by atomic mass is 35.5. The first-order valence-corrected chi connectivity index (χ1v) is 5.69. The quantitative estimate of drug-likeness (QED) is 0.618. The van der Waals surface area contributed by atoms with Crippen molar-refractivity contribution in [2.45, 2.75) is 6.92 Å². The van der Waals surface area contributed by atoms with E-state index in [1.54, 1.807) is 31.2 Å². The predicted octanol–water partition coefficient (Wildman–Crippen LogP) is 0.643. The minimum atomic E-state index is -0.627. The van der Waals surface area contributed by atoms with E-state index in [-0.39, 0.29) is 11.7 Å². The van der Waals surface area contributed by atoms with Gasteiger partial charge in [0.15, 0.2) is 11.7 Å². The van der Waals surface area contributed by atoms with Crippen LogP contribution in [0.2, 0.25) is 5.02 Å². The number of hydrogen-bond donors (Lipinski definition) is 2. The number of amides is 1. The summed E-state index contributed by atoms with van der Waals surface area (Å²) < 4.78 is 0. The molecule has 0 aliphatic rings. The molecule has 2 aromatic rings. The van der Waals surface area contributed by atoms with Crippen molar-refractivity contribution in [2.24, 2.45) is 16.5 Å².